The van der Waals surface area contributed by atoms with Crippen molar-refractivity contribution >= 4 is 17.7 Å². The van der Waals surface area contributed by atoms with Crippen LogP contribution in [0.3, 0.4) is 0 Å². The number of carboxylic acids is 1. The average molecular weight is 331 g/mol. The van der Waals surface area contributed by atoms with E-state index in [0.717, 1.165) is 17.9 Å². The fraction of sp³-hybridized carbons (Fsp3) is 0.389. The number of ether oxygens (including phenoxy) is 1. The largest absolute Gasteiger partial charge is 0.501 e. The summed E-state index contributed by atoms with van der Waals surface area (Å²) in [5.41, 5.74) is 1.06. The first-order chi connectivity index (χ1) is 11.1. The van der Waals surface area contributed by atoms with Gasteiger partial charge in [0.1, 0.15) is 5.76 Å². The van der Waals surface area contributed by atoms with E-state index in [1.165, 1.54) is 4.91 Å². The molecule has 0 aromatic rings. The van der Waals surface area contributed by atoms with Gasteiger partial charge in [-0.05, 0) is 18.5 Å². The molecule has 2 aliphatic carbocycles. The van der Waals surface area contributed by atoms with Crippen molar-refractivity contribution in [2.75, 3.05) is 19.9 Å². The van der Waals surface area contributed by atoms with Crippen LogP contribution in [0.25, 0.3) is 0 Å². The second kappa shape index (κ2) is 6.71. The lowest BCUT2D eigenvalue weighted by Gasteiger charge is -2.30. The maximum Gasteiger partial charge on any atom is 0.310 e. The Hall–Kier alpha value is -1.88. The quantitative estimate of drug-likeness (QED) is 0.838. The Morgan fingerprint density at radius 1 is 1.39 bits per heavy atom. The number of hydrogen-bond acceptors (Lipinski definition) is 4. The first-order valence-electron chi connectivity index (χ1n) is 7.67. The smallest absolute Gasteiger partial charge is 0.310 e. The highest BCUT2D eigenvalue weighted by molar-refractivity contribution is 8.02. The van der Waals surface area contributed by atoms with Gasteiger partial charge in [0.25, 0.3) is 0 Å². The number of carbonyl (C=O) groups is 1. The maximum atomic E-state index is 11.2. The molecule has 1 aliphatic heterocycles. The molecule has 0 radical (unpaired) electrons. The van der Waals surface area contributed by atoms with Crippen molar-refractivity contribution in [3.05, 3.63) is 58.9 Å². The van der Waals surface area contributed by atoms with Crippen LogP contribution in [0.5, 0.6) is 0 Å². The molecule has 3 rings (SSSR count). The van der Waals surface area contributed by atoms with Crippen molar-refractivity contribution < 1.29 is 14.6 Å². The van der Waals surface area contributed by atoms with Crippen molar-refractivity contribution in [3.63, 3.8) is 0 Å². The maximum absolute atomic E-state index is 11.2. The van der Waals surface area contributed by atoms with Crippen LogP contribution in [0.15, 0.2) is 58.9 Å². The van der Waals surface area contributed by atoms with Crippen LogP contribution in [-0.2, 0) is 9.53 Å². The summed E-state index contributed by atoms with van der Waals surface area (Å²) in [5.74, 6) is -0.105. The molecule has 4 nitrogen and oxygen atoms in total. The Kier molecular flexibility index (Phi) is 4.66. The number of hydrogen-bond donors (Lipinski definition) is 1. The number of rotatable bonds is 5. The number of thioether (sulfide) groups is 1. The first-order valence-corrected chi connectivity index (χ1v) is 8.90. The van der Waals surface area contributed by atoms with Gasteiger partial charge in [-0.3, -0.25) is 4.79 Å². The Bertz CT molecular complexity index is 645. The molecule has 0 fully saturated rings. The molecule has 3 atom stereocenters. The minimum Gasteiger partial charge on any atom is -0.501 e. The molecule has 1 N–H and O–H groups in total. The van der Waals surface area contributed by atoms with Gasteiger partial charge in [0.2, 0.25) is 0 Å². The van der Waals surface area contributed by atoms with Crippen LogP contribution in [0.1, 0.15) is 6.42 Å². The van der Waals surface area contributed by atoms with Crippen LogP contribution < -0.4 is 0 Å². The van der Waals surface area contributed by atoms with Crippen LogP contribution >= 0.6 is 11.8 Å². The highest BCUT2D eigenvalue weighted by Crippen LogP contribution is 2.33. The molecular weight excluding hydrogens is 310 g/mol. The average Bonchev–Trinajstić information content (AvgIpc) is 2.97. The number of nitrogens with zero attached hydrogens (tertiary/aromatic N) is 1. The molecule has 5 heteroatoms. The molecule has 0 aromatic carbocycles. The molecule has 3 unspecified atom stereocenters. The molecule has 0 bridgehead atoms. The predicted molar refractivity (Wildman–Crippen MR) is 92.8 cm³/mol. The Morgan fingerprint density at radius 2 is 2.22 bits per heavy atom. The molecule has 0 saturated heterocycles. The van der Waals surface area contributed by atoms with E-state index in [2.05, 4.69) is 41.7 Å². The van der Waals surface area contributed by atoms with Gasteiger partial charge in [-0.25, -0.2) is 0 Å². The fourth-order valence-electron chi connectivity index (χ4n) is 3.20. The summed E-state index contributed by atoms with van der Waals surface area (Å²) in [6.45, 7) is 0.732. The zero-order chi connectivity index (χ0) is 16.4. The first kappa shape index (κ1) is 16.0. The molecule has 3 aliphatic rings. The Morgan fingerprint density at radius 3 is 2.91 bits per heavy atom. The van der Waals surface area contributed by atoms with Crippen molar-refractivity contribution in [2.24, 2.45) is 11.8 Å². The van der Waals surface area contributed by atoms with E-state index in [9.17, 15) is 4.79 Å². The SMILES string of the molecule is COC1=C(CN2C=CC3C=CC(SC)=CC32)C=CC(C(=O)O)C1. The summed E-state index contributed by atoms with van der Waals surface area (Å²) in [5, 5.41) is 9.16. The third kappa shape index (κ3) is 3.24. The number of fused-ring (bicyclic) bond motifs is 1. The lowest BCUT2D eigenvalue weighted by Crippen LogP contribution is -2.33. The number of allylic oxidation sites excluding steroid dienone is 2. The van der Waals surface area contributed by atoms with E-state index in [1.807, 2.05) is 6.08 Å². The minimum absolute atomic E-state index is 0.332. The fourth-order valence-corrected chi connectivity index (χ4v) is 3.69. The predicted octanol–water partition coefficient (Wildman–Crippen LogP) is 3.18. The normalized spacial score (nSPS) is 28.9. The monoisotopic (exact) mass is 331 g/mol. The van der Waals surface area contributed by atoms with Gasteiger partial charge >= 0.3 is 5.97 Å². The summed E-state index contributed by atoms with van der Waals surface area (Å²) in [6.07, 6.45) is 17.3. The van der Waals surface area contributed by atoms with E-state index < -0.39 is 11.9 Å². The molecule has 0 spiro atoms. The van der Waals surface area contributed by atoms with Gasteiger partial charge < -0.3 is 14.7 Å². The third-order valence-corrected chi connectivity index (χ3v) is 5.28. The van der Waals surface area contributed by atoms with Gasteiger partial charge in [0.05, 0.1) is 19.1 Å². The summed E-state index contributed by atoms with van der Waals surface area (Å²) in [6, 6.07) is 0.332. The summed E-state index contributed by atoms with van der Waals surface area (Å²) in [4.78, 5) is 14.7. The highest BCUT2D eigenvalue weighted by atomic mass is 32.2. The summed E-state index contributed by atoms with van der Waals surface area (Å²) in [7, 11) is 1.62. The van der Waals surface area contributed by atoms with E-state index in [-0.39, 0.29) is 0 Å². The molecule has 0 saturated carbocycles. The standard InChI is InChI=1S/C18H21NO3S/c1-22-17-9-13(18(20)21)3-4-14(17)11-19-8-7-12-5-6-15(23-2)10-16(12)19/h3-8,10,12-13,16H,9,11H2,1-2H3,(H,20,21). The van der Waals surface area contributed by atoms with Crippen LogP contribution in [0.4, 0.5) is 0 Å². The number of aliphatic carboxylic acids is 1. The highest BCUT2D eigenvalue weighted by Gasteiger charge is 2.30. The third-order valence-electron chi connectivity index (χ3n) is 4.54. The van der Waals surface area contributed by atoms with Gasteiger partial charge in [-0.1, -0.05) is 30.4 Å². The van der Waals surface area contributed by atoms with Crippen molar-refractivity contribution in [2.45, 2.75) is 12.5 Å². The molecule has 1 heterocycles. The molecule has 122 valence electrons. The summed E-state index contributed by atoms with van der Waals surface area (Å²) >= 11 is 1.76. The van der Waals surface area contributed by atoms with Crippen LogP contribution in [0, 0.1) is 11.8 Å². The Labute approximate surface area is 140 Å². The topological polar surface area (TPSA) is 49.8 Å². The lowest BCUT2D eigenvalue weighted by atomic mass is 9.93. The Balaban J connectivity index is 1.75. The van der Waals surface area contributed by atoms with Gasteiger partial charge in [0.15, 0.2) is 0 Å². The van der Waals surface area contributed by atoms with E-state index >= 15 is 0 Å². The molecule has 0 amide bonds. The van der Waals surface area contributed by atoms with E-state index in [4.69, 9.17) is 9.84 Å². The molecule has 23 heavy (non-hydrogen) atoms. The van der Waals surface area contributed by atoms with Crippen molar-refractivity contribution in [1.82, 2.24) is 4.90 Å². The number of carboxylic acid groups (broad SMARTS) is 1. The van der Waals surface area contributed by atoms with Crippen LogP contribution in [-0.4, -0.2) is 41.9 Å². The summed E-state index contributed by atoms with van der Waals surface area (Å²) < 4.78 is 5.45. The van der Waals surface area contributed by atoms with E-state index in [1.54, 1.807) is 24.9 Å². The zero-order valence-electron chi connectivity index (χ0n) is 13.3. The zero-order valence-corrected chi connectivity index (χ0v) is 14.1. The second-order valence-electron chi connectivity index (χ2n) is 5.87. The number of methoxy groups -OCH3 is 1. The second-order valence-corrected chi connectivity index (χ2v) is 6.75. The van der Waals surface area contributed by atoms with Crippen molar-refractivity contribution in [3.8, 4) is 0 Å². The molecule has 0 aromatic heterocycles. The van der Waals surface area contributed by atoms with Gasteiger partial charge in [0, 0.05) is 29.4 Å². The van der Waals surface area contributed by atoms with E-state index in [0.29, 0.717) is 18.4 Å². The van der Waals surface area contributed by atoms with Gasteiger partial charge in [-0.2, -0.15) is 0 Å². The van der Waals surface area contributed by atoms with Gasteiger partial charge in [-0.15, -0.1) is 11.8 Å². The minimum atomic E-state index is -0.805. The lowest BCUT2D eigenvalue weighted by molar-refractivity contribution is -0.140. The van der Waals surface area contributed by atoms with Crippen LogP contribution in [0.2, 0.25) is 0 Å². The molecular formula is C18H21NO3S. The van der Waals surface area contributed by atoms with Crippen molar-refractivity contribution in [1.29, 1.82) is 0 Å².